The zero-order valence-electron chi connectivity index (χ0n) is 7.38. The highest BCUT2D eigenvalue weighted by atomic mass is 14.7. The summed E-state index contributed by atoms with van der Waals surface area (Å²) in [6, 6.07) is 4.20. The van der Waals surface area contributed by atoms with Gasteiger partial charge in [0.25, 0.3) is 0 Å². The maximum Gasteiger partial charge on any atom is 0.0661 e. The van der Waals surface area contributed by atoms with Crippen molar-refractivity contribution in [2.45, 2.75) is 26.2 Å². The van der Waals surface area contributed by atoms with Crippen molar-refractivity contribution >= 4 is 5.57 Å². The van der Waals surface area contributed by atoms with Crippen molar-refractivity contribution in [3.05, 3.63) is 35.7 Å². The van der Waals surface area contributed by atoms with Gasteiger partial charge in [-0.05, 0) is 49.5 Å². The molecule has 62 valence electrons. The first-order valence-electron chi connectivity index (χ1n) is 4.48. The first-order valence-corrected chi connectivity index (χ1v) is 4.48. The summed E-state index contributed by atoms with van der Waals surface area (Å²) < 4.78 is 0. The van der Waals surface area contributed by atoms with E-state index in [1.807, 2.05) is 12.3 Å². The van der Waals surface area contributed by atoms with Crippen molar-refractivity contribution in [3.8, 4) is 0 Å². The molecule has 1 aliphatic carbocycles. The van der Waals surface area contributed by atoms with Crippen molar-refractivity contribution in [2.24, 2.45) is 0 Å². The Bertz CT molecular complexity index is 313. The molecule has 1 heterocycles. The molecule has 1 aliphatic rings. The fourth-order valence-corrected chi connectivity index (χ4v) is 1.62. The average molecular weight is 159 g/mol. The number of aromatic nitrogens is 1. The maximum absolute atomic E-state index is 4.35. The molecule has 0 saturated carbocycles. The van der Waals surface area contributed by atoms with Gasteiger partial charge in [-0.1, -0.05) is 6.08 Å². The number of hydrogen-bond donors (Lipinski definition) is 0. The number of aryl methyl sites for hydroxylation is 1. The Balaban J connectivity index is 2.33. The van der Waals surface area contributed by atoms with Gasteiger partial charge in [0.1, 0.15) is 0 Å². The Morgan fingerprint density at radius 3 is 3.00 bits per heavy atom. The lowest BCUT2D eigenvalue weighted by atomic mass is 10.1. The molecule has 0 spiro atoms. The van der Waals surface area contributed by atoms with E-state index in [1.165, 1.54) is 36.1 Å². The van der Waals surface area contributed by atoms with Crippen LogP contribution in [-0.2, 0) is 0 Å². The molecule has 0 radical (unpaired) electrons. The van der Waals surface area contributed by atoms with Gasteiger partial charge in [-0.3, -0.25) is 4.98 Å². The molecule has 0 saturated heterocycles. The summed E-state index contributed by atoms with van der Waals surface area (Å²) >= 11 is 0. The lowest BCUT2D eigenvalue weighted by Crippen LogP contribution is -1.86. The van der Waals surface area contributed by atoms with Gasteiger partial charge >= 0.3 is 0 Å². The molecule has 0 amide bonds. The van der Waals surface area contributed by atoms with E-state index in [0.29, 0.717) is 0 Å². The third kappa shape index (κ3) is 1.40. The minimum absolute atomic E-state index is 1.17. The third-order valence-corrected chi connectivity index (χ3v) is 2.29. The smallest absolute Gasteiger partial charge is 0.0661 e. The van der Waals surface area contributed by atoms with Crippen LogP contribution < -0.4 is 0 Å². The molecule has 0 atom stereocenters. The van der Waals surface area contributed by atoms with E-state index in [9.17, 15) is 0 Å². The summed E-state index contributed by atoms with van der Waals surface area (Å²) in [5.41, 5.74) is 3.90. The van der Waals surface area contributed by atoms with Gasteiger partial charge in [0.15, 0.2) is 0 Å². The first kappa shape index (κ1) is 7.53. The molecule has 0 unspecified atom stereocenters. The molecule has 0 bridgehead atoms. The highest BCUT2D eigenvalue weighted by molar-refractivity contribution is 5.64. The predicted molar refractivity (Wildman–Crippen MR) is 50.8 cm³/mol. The molecule has 0 fully saturated rings. The van der Waals surface area contributed by atoms with Crippen LogP contribution in [0.2, 0.25) is 0 Å². The van der Waals surface area contributed by atoms with E-state index < -0.39 is 0 Å². The largest absolute Gasteiger partial charge is 0.257 e. The van der Waals surface area contributed by atoms with Gasteiger partial charge in [0, 0.05) is 6.20 Å². The van der Waals surface area contributed by atoms with Gasteiger partial charge in [-0.15, -0.1) is 0 Å². The van der Waals surface area contributed by atoms with Crippen LogP contribution in [0.4, 0.5) is 0 Å². The van der Waals surface area contributed by atoms with Gasteiger partial charge < -0.3 is 0 Å². The Morgan fingerprint density at radius 2 is 2.33 bits per heavy atom. The van der Waals surface area contributed by atoms with Crippen LogP contribution in [0.3, 0.4) is 0 Å². The van der Waals surface area contributed by atoms with Crippen molar-refractivity contribution in [2.75, 3.05) is 0 Å². The van der Waals surface area contributed by atoms with Crippen molar-refractivity contribution in [1.82, 2.24) is 4.98 Å². The van der Waals surface area contributed by atoms with E-state index in [2.05, 4.69) is 24.1 Å². The molecule has 0 aromatic carbocycles. The zero-order chi connectivity index (χ0) is 8.39. The molecule has 0 N–H and O–H groups in total. The Morgan fingerprint density at radius 1 is 1.42 bits per heavy atom. The van der Waals surface area contributed by atoms with Crippen LogP contribution >= 0.6 is 0 Å². The van der Waals surface area contributed by atoms with E-state index in [4.69, 9.17) is 0 Å². The zero-order valence-corrected chi connectivity index (χ0v) is 7.38. The highest BCUT2D eigenvalue weighted by Crippen LogP contribution is 2.26. The quantitative estimate of drug-likeness (QED) is 0.614. The monoisotopic (exact) mass is 159 g/mol. The summed E-state index contributed by atoms with van der Waals surface area (Å²) in [6.07, 6.45) is 7.93. The second-order valence-corrected chi connectivity index (χ2v) is 3.34. The number of hydrogen-bond acceptors (Lipinski definition) is 1. The molecular weight excluding hydrogens is 146 g/mol. The predicted octanol–water partition coefficient (Wildman–Crippen LogP) is 2.96. The molecule has 2 rings (SSSR count). The summed E-state index contributed by atoms with van der Waals surface area (Å²) in [6.45, 7) is 2.11. The lowest BCUT2D eigenvalue weighted by Gasteiger charge is -2.00. The van der Waals surface area contributed by atoms with Crippen molar-refractivity contribution in [1.29, 1.82) is 0 Å². The van der Waals surface area contributed by atoms with E-state index in [-0.39, 0.29) is 0 Å². The second kappa shape index (κ2) is 3.10. The lowest BCUT2D eigenvalue weighted by molar-refractivity contribution is 0.932. The number of nitrogens with zero attached hydrogens (tertiary/aromatic N) is 1. The van der Waals surface area contributed by atoms with Crippen molar-refractivity contribution in [3.63, 3.8) is 0 Å². The van der Waals surface area contributed by atoms with Crippen LogP contribution in [-0.4, -0.2) is 4.98 Å². The minimum atomic E-state index is 1.17. The molecule has 1 aromatic heterocycles. The fraction of sp³-hybridized carbons (Fsp3) is 0.364. The SMILES string of the molecule is Cc1ccnc(C2=CCCC2)c1. The van der Waals surface area contributed by atoms with Crippen LogP contribution in [0, 0.1) is 6.92 Å². The summed E-state index contributed by atoms with van der Waals surface area (Å²) in [4.78, 5) is 4.35. The van der Waals surface area contributed by atoms with Gasteiger partial charge in [0.2, 0.25) is 0 Å². The maximum atomic E-state index is 4.35. The topological polar surface area (TPSA) is 12.9 Å². The molecule has 1 heteroatoms. The Hall–Kier alpha value is -1.11. The van der Waals surface area contributed by atoms with E-state index in [1.54, 1.807) is 0 Å². The summed E-state index contributed by atoms with van der Waals surface area (Å²) in [5.74, 6) is 0. The molecule has 12 heavy (non-hydrogen) atoms. The molecule has 1 aromatic rings. The van der Waals surface area contributed by atoms with Crippen LogP contribution in [0.1, 0.15) is 30.5 Å². The Kier molecular flexibility index (Phi) is 1.94. The van der Waals surface area contributed by atoms with Gasteiger partial charge in [-0.2, -0.15) is 0 Å². The van der Waals surface area contributed by atoms with Crippen LogP contribution in [0.5, 0.6) is 0 Å². The van der Waals surface area contributed by atoms with Crippen LogP contribution in [0.25, 0.3) is 5.57 Å². The average Bonchev–Trinajstić information content (AvgIpc) is 2.56. The normalized spacial score (nSPS) is 16.2. The summed E-state index contributed by atoms with van der Waals surface area (Å²) in [7, 11) is 0. The standard InChI is InChI=1S/C11H13N/c1-9-6-7-12-11(8-9)10-4-2-3-5-10/h4,6-8H,2-3,5H2,1H3. The summed E-state index contributed by atoms with van der Waals surface area (Å²) in [5, 5.41) is 0. The third-order valence-electron chi connectivity index (χ3n) is 2.29. The van der Waals surface area contributed by atoms with Gasteiger partial charge in [-0.25, -0.2) is 0 Å². The Labute approximate surface area is 73.1 Å². The van der Waals surface area contributed by atoms with Gasteiger partial charge in [0.05, 0.1) is 5.69 Å². The molecular formula is C11H13N. The second-order valence-electron chi connectivity index (χ2n) is 3.34. The first-order chi connectivity index (χ1) is 5.86. The minimum Gasteiger partial charge on any atom is -0.257 e. The fourth-order valence-electron chi connectivity index (χ4n) is 1.62. The van der Waals surface area contributed by atoms with Crippen molar-refractivity contribution < 1.29 is 0 Å². The number of pyridine rings is 1. The van der Waals surface area contributed by atoms with E-state index >= 15 is 0 Å². The van der Waals surface area contributed by atoms with Crippen LogP contribution in [0.15, 0.2) is 24.4 Å². The highest BCUT2D eigenvalue weighted by Gasteiger charge is 2.07. The molecule has 1 nitrogen and oxygen atoms in total. The molecule has 0 aliphatic heterocycles. The van der Waals surface area contributed by atoms with E-state index in [0.717, 1.165) is 0 Å². The number of rotatable bonds is 1. The number of allylic oxidation sites excluding steroid dienone is 2.